The van der Waals surface area contributed by atoms with Gasteiger partial charge in [0.25, 0.3) is 0 Å². The topological polar surface area (TPSA) is 13.1 Å². The van der Waals surface area contributed by atoms with Gasteiger partial charge in [-0.05, 0) is 126 Å². The molecule has 0 saturated heterocycles. The fourth-order valence-corrected chi connectivity index (χ4v) is 11.2. The molecule has 0 aliphatic heterocycles. The third-order valence-electron chi connectivity index (χ3n) is 13.0. The summed E-state index contributed by atoms with van der Waals surface area (Å²) in [4.78, 5) is 2.43. The molecule has 62 heavy (non-hydrogen) atoms. The Bertz CT molecular complexity index is 3800. The lowest BCUT2D eigenvalue weighted by molar-refractivity contribution is 0.992. The van der Waals surface area contributed by atoms with E-state index in [2.05, 4.69) is 226 Å². The van der Waals surface area contributed by atoms with E-state index in [9.17, 15) is 0 Å². The third-order valence-corrected chi connectivity index (χ3v) is 14.1. The maximum atomic E-state index is 2.49. The van der Waals surface area contributed by atoms with Crippen LogP contribution in [0.4, 0.5) is 17.1 Å². The Morgan fingerprint density at radius 3 is 1.74 bits per heavy atom. The van der Waals surface area contributed by atoms with Crippen molar-refractivity contribution in [2.75, 3.05) is 4.90 Å². The van der Waals surface area contributed by atoms with Crippen LogP contribution in [-0.4, -0.2) is 9.13 Å². The molecule has 9 aromatic carbocycles. The zero-order valence-corrected chi connectivity index (χ0v) is 34.7. The molecule has 0 unspecified atom stereocenters. The third kappa shape index (κ3) is 5.50. The van der Waals surface area contributed by atoms with E-state index in [0.717, 1.165) is 35.6 Å². The molecule has 0 spiro atoms. The zero-order chi connectivity index (χ0) is 40.7. The summed E-state index contributed by atoms with van der Waals surface area (Å²) < 4.78 is 7.48. The highest BCUT2D eigenvalue weighted by Gasteiger charge is 2.21. The molecule has 3 aromatic heterocycles. The Hall–Kier alpha value is -7.66. The van der Waals surface area contributed by atoms with E-state index in [0.29, 0.717) is 0 Å². The van der Waals surface area contributed by atoms with Gasteiger partial charge in [-0.25, -0.2) is 0 Å². The smallest absolute Gasteiger partial charge is 0.0544 e. The van der Waals surface area contributed by atoms with E-state index in [1.807, 2.05) is 11.3 Å². The van der Waals surface area contributed by atoms with Crippen LogP contribution in [0.3, 0.4) is 0 Å². The second-order valence-electron chi connectivity index (χ2n) is 16.5. The van der Waals surface area contributed by atoms with E-state index in [1.54, 1.807) is 0 Å². The van der Waals surface area contributed by atoms with E-state index in [4.69, 9.17) is 0 Å². The molecule has 0 radical (unpaired) electrons. The second kappa shape index (κ2) is 14.0. The Morgan fingerprint density at radius 2 is 0.968 bits per heavy atom. The van der Waals surface area contributed by atoms with Crippen LogP contribution in [0.25, 0.3) is 91.5 Å². The van der Waals surface area contributed by atoms with Crippen molar-refractivity contribution in [1.29, 1.82) is 0 Å². The monoisotopic (exact) mass is 809 g/mol. The first-order valence-electron chi connectivity index (χ1n) is 21.5. The van der Waals surface area contributed by atoms with Gasteiger partial charge in [0.2, 0.25) is 0 Å². The Kier molecular flexibility index (Phi) is 7.91. The maximum absolute atomic E-state index is 2.49. The standard InChI is InChI=1S/C58H39N3S/c1-2-14-42(15-3-1)60-53-19-9-7-17-48(53)52-36-45(31-33-55(52)60)59(46-30-32-50-49-18-8-11-21-57(49)62-58(50)37-46)43-26-22-38(23-27-43)39-24-28-44(29-25-39)61-54-20-10-6-16-47(54)51-34-40-12-4-5-13-41(40)35-56(51)61/h1-24,26-28,30-37H,25,29H2. The molecule has 3 heterocycles. The van der Waals surface area contributed by atoms with Gasteiger partial charge in [0.05, 0.1) is 22.1 Å². The van der Waals surface area contributed by atoms with Crippen molar-refractivity contribution in [3.05, 3.63) is 218 Å². The molecular formula is C58H39N3S. The molecule has 0 saturated carbocycles. The Balaban J connectivity index is 0.917. The summed E-state index contributed by atoms with van der Waals surface area (Å²) in [6.45, 7) is 0. The molecule has 4 heteroatoms. The number of thiophene rings is 1. The predicted octanol–water partition coefficient (Wildman–Crippen LogP) is 16.6. The van der Waals surface area contributed by atoms with Gasteiger partial charge in [-0.15, -0.1) is 11.3 Å². The maximum Gasteiger partial charge on any atom is 0.0544 e. The lowest BCUT2D eigenvalue weighted by atomic mass is 9.95. The SMILES string of the molecule is C1=C(c2ccc(N(c3ccc4c(c3)sc3ccccc34)c3ccc4c(c3)c3ccccc3n4-c3ccccc3)cc2)CCC(n2c3ccccc3c3cc4ccccc4cc32)=C1. The number of hydrogen-bond acceptors (Lipinski definition) is 2. The van der Waals surface area contributed by atoms with Crippen molar-refractivity contribution in [1.82, 2.24) is 9.13 Å². The first kappa shape index (κ1) is 35.1. The lowest BCUT2D eigenvalue weighted by Gasteiger charge is -2.26. The average Bonchev–Trinajstić information content (AvgIpc) is 3.98. The first-order valence-corrected chi connectivity index (χ1v) is 22.3. The average molecular weight is 810 g/mol. The van der Waals surface area contributed by atoms with Crippen molar-refractivity contribution in [2.45, 2.75) is 12.8 Å². The number of aromatic nitrogens is 2. The number of rotatable bonds is 6. The van der Waals surface area contributed by atoms with Gasteiger partial charge in [-0.3, -0.25) is 0 Å². The van der Waals surface area contributed by atoms with E-state index in [1.165, 1.54) is 91.4 Å². The van der Waals surface area contributed by atoms with Crippen LogP contribution in [0.1, 0.15) is 18.4 Å². The van der Waals surface area contributed by atoms with Crippen LogP contribution in [0.15, 0.2) is 212 Å². The number of allylic oxidation sites excluding steroid dienone is 4. The highest BCUT2D eigenvalue weighted by molar-refractivity contribution is 7.25. The van der Waals surface area contributed by atoms with Crippen molar-refractivity contribution >= 4 is 114 Å². The van der Waals surface area contributed by atoms with Crippen LogP contribution in [0.2, 0.25) is 0 Å². The van der Waals surface area contributed by atoms with Gasteiger partial charge in [-0.2, -0.15) is 0 Å². The minimum Gasteiger partial charge on any atom is -0.313 e. The molecule has 0 amide bonds. The van der Waals surface area contributed by atoms with Gasteiger partial charge in [0.15, 0.2) is 0 Å². The molecule has 0 fully saturated rings. The molecule has 1 aliphatic carbocycles. The van der Waals surface area contributed by atoms with Crippen LogP contribution in [-0.2, 0) is 0 Å². The number of nitrogens with zero attached hydrogens (tertiary/aromatic N) is 3. The molecule has 292 valence electrons. The van der Waals surface area contributed by atoms with Gasteiger partial charge in [0.1, 0.15) is 0 Å². The molecule has 13 rings (SSSR count). The lowest BCUT2D eigenvalue weighted by Crippen LogP contribution is -2.10. The summed E-state index contributed by atoms with van der Waals surface area (Å²) in [5.74, 6) is 0. The highest BCUT2D eigenvalue weighted by atomic mass is 32.1. The van der Waals surface area contributed by atoms with Crippen molar-refractivity contribution < 1.29 is 0 Å². The predicted molar refractivity (Wildman–Crippen MR) is 267 cm³/mol. The number of hydrogen-bond donors (Lipinski definition) is 0. The minimum absolute atomic E-state index is 0.964. The second-order valence-corrected chi connectivity index (χ2v) is 17.6. The molecule has 0 bridgehead atoms. The molecule has 0 atom stereocenters. The van der Waals surface area contributed by atoms with Crippen molar-refractivity contribution in [2.24, 2.45) is 0 Å². The number of benzene rings is 9. The molecular weight excluding hydrogens is 771 g/mol. The van der Waals surface area contributed by atoms with Gasteiger partial charge in [-0.1, -0.05) is 121 Å². The Morgan fingerprint density at radius 1 is 0.371 bits per heavy atom. The van der Waals surface area contributed by atoms with E-state index in [-0.39, 0.29) is 0 Å². The fraction of sp³-hybridized carbons (Fsp3) is 0.0345. The zero-order valence-electron chi connectivity index (χ0n) is 33.9. The van der Waals surface area contributed by atoms with E-state index >= 15 is 0 Å². The normalized spacial score (nSPS) is 13.2. The Labute approximate surface area is 362 Å². The van der Waals surface area contributed by atoms with Crippen molar-refractivity contribution in [3.8, 4) is 5.69 Å². The van der Waals surface area contributed by atoms with Crippen LogP contribution in [0, 0.1) is 0 Å². The molecule has 12 aromatic rings. The molecule has 3 nitrogen and oxygen atoms in total. The largest absolute Gasteiger partial charge is 0.313 e. The summed E-state index contributed by atoms with van der Waals surface area (Å²) in [5.41, 5.74) is 13.5. The van der Waals surface area contributed by atoms with Gasteiger partial charge in [0, 0.05) is 70.2 Å². The van der Waals surface area contributed by atoms with Crippen molar-refractivity contribution in [3.63, 3.8) is 0 Å². The summed E-state index contributed by atoms with van der Waals surface area (Å²) in [6.07, 6.45) is 6.63. The number of para-hydroxylation sites is 3. The summed E-state index contributed by atoms with van der Waals surface area (Å²) >= 11 is 1.87. The van der Waals surface area contributed by atoms with Gasteiger partial charge < -0.3 is 14.0 Å². The summed E-state index contributed by atoms with van der Waals surface area (Å²) in [6, 6.07) is 73.7. The van der Waals surface area contributed by atoms with Gasteiger partial charge >= 0.3 is 0 Å². The quantitative estimate of drug-likeness (QED) is 0.163. The summed E-state index contributed by atoms with van der Waals surface area (Å²) in [7, 11) is 0. The minimum atomic E-state index is 0.964. The first-order chi connectivity index (χ1) is 30.7. The molecule has 1 aliphatic rings. The van der Waals surface area contributed by atoms with E-state index < -0.39 is 0 Å². The van der Waals surface area contributed by atoms with Crippen LogP contribution in [0.5, 0.6) is 0 Å². The molecule has 0 N–H and O–H groups in total. The fourth-order valence-electron chi connectivity index (χ4n) is 10.1. The highest BCUT2D eigenvalue weighted by Crippen LogP contribution is 2.44. The van der Waals surface area contributed by atoms with Crippen LogP contribution < -0.4 is 4.90 Å². The number of fused-ring (bicyclic) bond motifs is 10. The van der Waals surface area contributed by atoms with Crippen LogP contribution >= 0.6 is 11.3 Å². The number of anilines is 3. The summed E-state index contributed by atoms with van der Waals surface area (Å²) in [5, 5.41) is 10.3.